The molecule has 0 aromatic carbocycles. The topological polar surface area (TPSA) is 46.0 Å². The number of aromatic nitrogens is 3. The molecule has 5 nitrogen and oxygen atoms in total. The van der Waals surface area contributed by atoms with Crippen LogP contribution in [-0.2, 0) is 0 Å². The van der Waals surface area contributed by atoms with Gasteiger partial charge in [0, 0.05) is 31.4 Å². The zero-order valence-corrected chi connectivity index (χ0v) is 16.6. The van der Waals surface area contributed by atoms with Crippen molar-refractivity contribution in [2.45, 2.75) is 51.4 Å². The standard InChI is InChI=1S/C22H28FN5/c1-4-5-15(2)22-16(3)13-28(26-22)20-6-7-21(24-12-20)27-9-8-18(14-27)25-19-10-17(23)11-19/h4-7,12-13,17-19,25H,2,8-11,14H2,1,3H3/b5-4-. The highest BCUT2D eigenvalue weighted by Crippen LogP contribution is 2.26. The Labute approximate surface area is 166 Å². The Morgan fingerprint density at radius 1 is 1.32 bits per heavy atom. The van der Waals surface area contributed by atoms with E-state index in [1.54, 1.807) is 0 Å². The quantitative estimate of drug-likeness (QED) is 0.773. The summed E-state index contributed by atoms with van der Waals surface area (Å²) in [6.45, 7) is 10.00. The van der Waals surface area contributed by atoms with E-state index in [-0.39, 0.29) is 0 Å². The molecular formula is C22H28FN5. The highest BCUT2D eigenvalue weighted by Gasteiger charge is 2.32. The van der Waals surface area contributed by atoms with E-state index in [2.05, 4.69) is 39.0 Å². The van der Waals surface area contributed by atoms with Gasteiger partial charge in [0.15, 0.2) is 0 Å². The maximum absolute atomic E-state index is 13.0. The summed E-state index contributed by atoms with van der Waals surface area (Å²) in [6.07, 6.45) is 9.60. The average molecular weight is 381 g/mol. The van der Waals surface area contributed by atoms with Crippen LogP contribution in [-0.4, -0.2) is 46.1 Å². The van der Waals surface area contributed by atoms with Crippen LogP contribution in [0.4, 0.5) is 10.2 Å². The number of hydrogen-bond acceptors (Lipinski definition) is 4. The van der Waals surface area contributed by atoms with E-state index in [0.717, 1.165) is 47.8 Å². The first-order chi connectivity index (χ1) is 13.5. The monoisotopic (exact) mass is 381 g/mol. The smallest absolute Gasteiger partial charge is 0.128 e. The molecule has 1 unspecified atom stereocenters. The van der Waals surface area contributed by atoms with E-state index in [0.29, 0.717) is 24.9 Å². The van der Waals surface area contributed by atoms with Crippen molar-refractivity contribution in [3.63, 3.8) is 0 Å². The fourth-order valence-corrected chi connectivity index (χ4v) is 4.01. The van der Waals surface area contributed by atoms with Gasteiger partial charge in [-0.25, -0.2) is 14.1 Å². The molecule has 0 spiro atoms. The fourth-order valence-electron chi connectivity index (χ4n) is 4.01. The SMILES string of the molecule is C=C(/C=C\C)c1nn(-c2ccc(N3CCC(NC4CC(F)C4)C3)nc2)cc1C. The van der Waals surface area contributed by atoms with E-state index >= 15 is 0 Å². The molecule has 1 N–H and O–H groups in total. The molecule has 1 aliphatic heterocycles. The van der Waals surface area contributed by atoms with Gasteiger partial charge in [0.2, 0.25) is 0 Å². The molecule has 4 rings (SSSR count). The van der Waals surface area contributed by atoms with Gasteiger partial charge in [0.05, 0.1) is 17.6 Å². The molecule has 1 atom stereocenters. The molecule has 2 aliphatic rings. The number of hydrogen-bond donors (Lipinski definition) is 1. The first-order valence-electron chi connectivity index (χ1n) is 10.0. The number of pyridine rings is 1. The van der Waals surface area contributed by atoms with Crippen LogP contribution in [0.25, 0.3) is 11.3 Å². The maximum Gasteiger partial charge on any atom is 0.128 e. The predicted octanol–water partition coefficient (Wildman–Crippen LogP) is 3.83. The van der Waals surface area contributed by atoms with Crippen molar-refractivity contribution < 1.29 is 4.39 Å². The maximum atomic E-state index is 13.0. The van der Waals surface area contributed by atoms with Gasteiger partial charge >= 0.3 is 0 Å². The van der Waals surface area contributed by atoms with Gasteiger partial charge in [-0.15, -0.1) is 0 Å². The molecular weight excluding hydrogens is 353 g/mol. The van der Waals surface area contributed by atoms with E-state index < -0.39 is 6.17 Å². The van der Waals surface area contributed by atoms with Crippen LogP contribution in [0.2, 0.25) is 0 Å². The first kappa shape index (κ1) is 18.9. The summed E-state index contributed by atoms with van der Waals surface area (Å²) in [5.74, 6) is 0.979. The normalized spacial score (nSPS) is 24.7. The molecule has 0 radical (unpaired) electrons. The zero-order chi connectivity index (χ0) is 19.7. The lowest BCUT2D eigenvalue weighted by atomic mass is 9.90. The molecule has 2 fully saturated rings. The summed E-state index contributed by atoms with van der Waals surface area (Å²) in [7, 11) is 0. The second kappa shape index (κ2) is 7.87. The third-order valence-corrected chi connectivity index (χ3v) is 5.63. The third kappa shape index (κ3) is 3.87. The predicted molar refractivity (Wildman–Crippen MR) is 112 cm³/mol. The molecule has 148 valence electrons. The summed E-state index contributed by atoms with van der Waals surface area (Å²) in [5.41, 5.74) is 3.84. The van der Waals surface area contributed by atoms with Gasteiger partial charge < -0.3 is 10.2 Å². The molecule has 0 bridgehead atoms. The van der Waals surface area contributed by atoms with E-state index in [4.69, 9.17) is 0 Å². The van der Waals surface area contributed by atoms with Crippen LogP contribution in [0.15, 0.2) is 43.3 Å². The lowest BCUT2D eigenvalue weighted by molar-refractivity contribution is 0.148. The van der Waals surface area contributed by atoms with Gasteiger partial charge in [0.25, 0.3) is 0 Å². The number of anilines is 1. The number of alkyl halides is 1. The molecule has 6 heteroatoms. The third-order valence-electron chi connectivity index (χ3n) is 5.63. The first-order valence-corrected chi connectivity index (χ1v) is 10.0. The lowest BCUT2D eigenvalue weighted by Gasteiger charge is -2.33. The molecule has 1 aliphatic carbocycles. The van der Waals surface area contributed by atoms with Crippen molar-refractivity contribution in [1.82, 2.24) is 20.1 Å². The van der Waals surface area contributed by atoms with Gasteiger partial charge in [-0.1, -0.05) is 18.7 Å². The molecule has 2 aromatic heterocycles. The number of nitrogens with one attached hydrogen (secondary N) is 1. The Balaban J connectivity index is 1.40. The van der Waals surface area contributed by atoms with Crippen LogP contribution in [0.5, 0.6) is 0 Å². The van der Waals surface area contributed by atoms with E-state index in [1.807, 2.05) is 43.1 Å². The summed E-state index contributed by atoms with van der Waals surface area (Å²) in [4.78, 5) is 6.95. The Morgan fingerprint density at radius 3 is 2.82 bits per heavy atom. The van der Waals surface area contributed by atoms with Gasteiger partial charge in [0.1, 0.15) is 12.0 Å². The molecule has 28 heavy (non-hydrogen) atoms. The summed E-state index contributed by atoms with van der Waals surface area (Å²) >= 11 is 0. The van der Waals surface area contributed by atoms with Crippen LogP contribution in [0.1, 0.15) is 37.4 Å². The van der Waals surface area contributed by atoms with Gasteiger partial charge in [-0.2, -0.15) is 5.10 Å². The molecule has 1 saturated heterocycles. The van der Waals surface area contributed by atoms with Crippen molar-refractivity contribution in [2.75, 3.05) is 18.0 Å². The summed E-state index contributed by atoms with van der Waals surface area (Å²) in [5, 5.41) is 8.24. The van der Waals surface area contributed by atoms with Crippen molar-refractivity contribution >= 4 is 11.4 Å². The van der Waals surface area contributed by atoms with E-state index in [1.165, 1.54) is 0 Å². The highest BCUT2D eigenvalue weighted by molar-refractivity contribution is 5.71. The minimum atomic E-state index is -0.606. The van der Waals surface area contributed by atoms with E-state index in [9.17, 15) is 4.39 Å². The molecule has 3 heterocycles. The minimum absolute atomic E-state index is 0.352. The fraction of sp³-hybridized carbons (Fsp3) is 0.455. The lowest BCUT2D eigenvalue weighted by Crippen LogP contribution is -2.48. The van der Waals surface area contributed by atoms with Crippen LogP contribution in [0.3, 0.4) is 0 Å². The zero-order valence-electron chi connectivity index (χ0n) is 16.6. The second-order valence-electron chi connectivity index (χ2n) is 7.87. The molecule has 0 amide bonds. The van der Waals surface area contributed by atoms with Gasteiger partial charge in [-0.3, -0.25) is 0 Å². The second-order valence-corrected chi connectivity index (χ2v) is 7.87. The van der Waals surface area contributed by atoms with Crippen molar-refractivity contribution in [3.8, 4) is 5.69 Å². The van der Waals surface area contributed by atoms with Crippen molar-refractivity contribution in [2.24, 2.45) is 0 Å². The number of aryl methyl sites for hydroxylation is 1. The minimum Gasteiger partial charge on any atom is -0.355 e. The van der Waals surface area contributed by atoms with Crippen molar-refractivity contribution in [3.05, 3.63) is 54.5 Å². The number of nitrogens with zero attached hydrogens (tertiary/aromatic N) is 4. The summed E-state index contributed by atoms with van der Waals surface area (Å²) < 4.78 is 14.8. The van der Waals surface area contributed by atoms with Crippen molar-refractivity contribution in [1.29, 1.82) is 0 Å². The highest BCUT2D eigenvalue weighted by atomic mass is 19.1. The average Bonchev–Trinajstić information content (AvgIpc) is 3.28. The Kier molecular flexibility index (Phi) is 5.31. The van der Waals surface area contributed by atoms with Crippen LogP contribution >= 0.6 is 0 Å². The molecule has 1 saturated carbocycles. The summed E-state index contributed by atoms with van der Waals surface area (Å²) in [6, 6.07) is 4.88. The Hall–Kier alpha value is -2.47. The number of allylic oxidation sites excluding steroid dienone is 3. The molecule has 2 aromatic rings. The van der Waals surface area contributed by atoms with Crippen LogP contribution in [0, 0.1) is 6.92 Å². The largest absolute Gasteiger partial charge is 0.355 e. The van der Waals surface area contributed by atoms with Gasteiger partial charge in [-0.05, 0) is 56.4 Å². The Bertz CT molecular complexity index is 864. The number of halogens is 1. The number of rotatable bonds is 6. The van der Waals surface area contributed by atoms with Crippen LogP contribution < -0.4 is 10.2 Å². The Morgan fingerprint density at radius 2 is 2.14 bits per heavy atom.